The summed E-state index contributed by atoms with van der Waals surface area (Å²) < 4.78 is 12.3. The van der Waals surface area contributed by atoms with Crippen LogP contribution in [0.3, 0.4) is 0 Å². The van der Waals surface area contributed by atoms with Crippen molar-refractivity contribution in [2.75, 3.05) is 12.4 Å². The molecule has 0 radical (unpaired) electrons. The number of phenols is 2. The van der Waals surface area contributed by atoms with Gasteiger partial charge in [-0.15, -0.1) is 11.8 Å². The molecule has 2 aromatic rings. The molecular formula is C31H45FO2S. The van der Waals surface area contributed by atoms with Gasteiger partial charge in [-0.2, -0.15) is 0 Å². The molecule has 0 amide bonds. The summed E-state index contributed by atoms with van der Waals surface area (Å²) in [5, 5.41) is 19.8. The smallest absolute Gasteiger partial charge is 0.116 e. The topological polar surface area (TPSA) is 40.5 Å². The predicted molar refractivity (Wildman–Crippen MR) is 148 cm³/mol. The zero-order chi connectivity index (χ0) is 25.1. The van der Waals surface area contributed by atoms with Crippen LogP contribution in [-0.4, -0.2) is 22.6 Å². The van der Waals surface area contributed by atoms with Gasteiger partial charge in [0.2, 0.25) is 0 Å². The monoisotopic (exact) mass is 500 g/mol. The average molecular weight is 501 g/mol. The minimum atomic E-state index is -0.170. The molecule has 1 aliphatic heterocycles. The van der Waals surface area contributed by atoms with Crippen LogP contribution in [0, 0.1) is 5.92 Å². The lowest BCUT2D eigenvalue weighted by molar-refractivity contribution is 0.370. The Morgan fingerprint density at radius 3 is 2.14 bits per heavy atom. The predicted octanol–water partition coefficient (Wildman–Crippen LogP) is 9.53. The number of benzene rings is 2. The van der Waals surface area contributed by atoms with Gasteiger partial charge in [-0.3, -0.25) is 4.39 Å². The first kappa shape index (κ1) is 27.9. The van der Waals surface area contributed by atoms with Gasteiger partial charge in [0.15, 0.2) is 0 Å². The molecule has 0 saturated carbocycles. The zero-order valence-electron chi connectivity index (χ0n) is 21.8. The first-order valence-corrected chi connectivity index (χ1v) is 14.7. The number of fused-ring (bicyclic) bond motifs is 1. The van der Waals surface area contributed by atoms with Gasteiger partial charge < -0.3 is 10.2 Å². The molecule has 2 unspecified atom stereocenters. The molecule has 0 bridgehead atoms. The molecule has 35 heavy (non-hydrogen) atoms. The average Bonchev–Trinajstić information content (AvgIpc) is 2.85. The summed E-state index contributed by atoms with van der Waals surface area (Å²) in [6.07, 6.45) is 14.5. The maximum absolute atomic E-state index is 12.3. The first-order chi connectivity index (χ1) is 16.9. The number of thioether (sulfide) groups is 1. The van der Waals surface area contributed by atoms with Gasteiger partial charge in [-0.1, -0.05) is 89.8 Å². The molecule has 0 spiro atoms. The third-order valence-electron chi connectivity index (χ3n) is 7.97. The number of hydrogen-bond acceptors (Lipinski definition) is 3. The van der Waals surface area contributed by atoms with Gasteiger partial charge in [0.25, 0.3) is 0 Å². The van der Waals surface area contributed by atoms with Gasteiger partial charge in [0.1, 0.15) is 11.5 Å². The molecule has 2 N–H and O–H groups in total. The largest absolute Gasteiger partial charge is 0.508 e. The van der Waals surface area contributed by atoms with E-state index in [2.05, 4.69) is 32.0 Å². The van der Waals surface area contributed by atoms with E-state index in [1.54, 1.807) is 12.1 Å². The first-order valence-electron chi connectivity index (χ1n) is 13.7. The van der Waals surface area contributed by atoms with Crippen LogP contribution < -0.4 is 0 Å². The number of alkyl halides is 1. The molecule has 2 nitrogen and oxygen atoms in total. The Morgan fingerprint density at radius 1 is 0.857 bits per heavy atom. The lowest BCUT2D eigenvalue weighted by atomic mass is 9.68. The second-order valence-electron chi connectivity index (χ2n) is 10.9. The molecule has 3 rings (SSSR count). The number of halogens is 1. The molecule has 194 valence electrons. The number of rotatable bonds is 15. The quantitative estimate of drug-likeness (QED) is 0.239. The summed E-state index contributed by atoms with van der Waals surface area (Å²) in [5.74, 6) is 2.71. The molecule has 1 aliphatic rings. The van der Waals surface area contributed by atoms with Crippen molar-refractivity contribution in [3.8, 4) is 11.5 Å². The van der Waals surface area contributed by atoms with E-state index < -0.39 is 0 Å². The molecule has 1 heterocycles. The Balaban J connectivity index is 1.45. The van der Waals surface area contributed by atoms with E-state index in [0.717, 1.165) is 25.0 Å². The van der Waals surface area contributed by atoms with Crippen LogP contribution in [0.2, 0.25) is 0 Å². The van der Waals surface area contributed by atoms with Gasteiger partial charge in [0, 0.05) is 16.1 Å². The summed E-state index contributed by atoms with van der Waals surface area (Å²) in [6.45, 7) is 4.45. The van der Waals surface area contributed by atoms with Crippen molar-refractivity contribution in [2.24, 2.45) is 5.92 Å². The highest BCUT2D eigenvalue weighted by Gasteiger charge is 2.41. The number of aromatic hydroxyl groups is 2. The highest BCUT2D eigenvalue weighted by atomic mass is 32.2. The minimum absolute atomic E-state index is 0.00365. The standard InChI is InChI=1S/C31H45FO2S/c1-24(13-11-21-32)12-9-7-5-3-4-6-8-10-14-29-28-20-19-27(34)22-30(28)35-23-31(29,2)25-15-17-26(33)18-16-25/h15-20,22,24,29,33-34H,3-14,21,23H2,1-2H3/t24?,29?,31-/m1/s1. The Labute approximate surface area is 216 Å². The maximum atomic E-state index is 12.3. The minimum Gasteiger partial charge on any atom is -0.508 e. The molecule has 0 aliphatic carbocycles. The van der Waals surface area contributed by atoms with Crippen molar-refractivity contribution < 1.29 is 14.6 Å². The van der Waals surface area contributed by atoms with Crippen LogP contribution in [0.25, 0.3) is 0 Å². The molecule has 3 atom stereocenters. The van der Waals surface area contributed by atoms with Gasteiger partial charge in [-0.05, 0) is 66.5 Å². The number of hydrogen-bond donors (Lipinski definition) is 2. The lowest BCUT2D eigenvalue weighted by Crippen LogP contribution is -2.36. The number of phenolic OH excluding ortho intramolecular Hbond substituents is 2. The molecule has 0 fully saturated rings. The third-order valence-corrected chi connectivity index (χ3v) is 9.37. The van der Waals surface area contributed by atoms with Crippen LogP contribution in [0.1, 0.15) is 108 Å². The van der Waals surface area contributed by atoms with Gasteiger partial charge in [0.05, 0.1) is 6.67 Å². The highest BCUT2D eigenvalue weighted by molar-refractivity contribution is 7.99. The fourth-order valence-electron chi connectivity index (χ4n) is 5.68. The van der Waals surface area contributed by atoms with Crippen LogP contribution in [-0.2, 0) is 5.41 Å². The van der Waals surface area contributed by atoms with Crippen LogP contribution in [0.4, 0.5) is 4.39 Å². The van der Waals surface area contributed by atoms with Gasteiger partial charge in [-0.25, -0.2) is 0 Å². The van der Waals surface area contributed by atoms with E-state index in [-0.39, 0.29) is 12.1 Å². The fraction of sp³-hybridized carbons (Fsp3) is 0.613. The van der Waals surface area contributed by atoms with Crippen LogP contribution >= 0.6 is 11.8 Å². The van der Waals surface area contributed by atoms with Crippen molar-refractivity contribution >= 4 is 11.8 Å². The maximum Gasteiger partial charge on any atom is 0.116 e. The zero-order valence-corrected chi connectivity index (χ0v) is 22.6. The van der Waals surface area contributed by atoms with E-state index in [1.165, 1.54) is 73.8 Å². The van der Waals surface area contributed by atoms with E-state index in [9.17, 15) is 14.6 Å². The van der Waals surface area contributed by atoms with Crippen molar-refractivity contribution in [1.29, 1.82) is 0 Å². The Hall–Kier alpha value is -1.68. The van der Waals surface area contributed by atoms with Crippen LogP contribution in [0.5, 0.6) is 11.5 Å². The molecule has 0 aromatic heterocycles. The third kappa shape index (κ3) is 8.17. The molecule has 0 saturated heterocycles. The summed E-state index contributed by atoms with van der Waals surface area (Å²) >= 11 is 1.84. The van der Waals surface area contributed by atoms with E-state index >= 15 is 0 Å². The van der Waals surface area contributed by atoms with Crippen molar-refractivity contribution in [3.63, 3.8) is 0 Å². The molecule has 4 heteroatoms. The van der Waals surface area contributed by atoms with E-state index in [1.807, 2.05) is 23.9 Å². The summed E-state index contributed by atoms with van der Waals surface area (Å²) in [4.78, 5) is 1.21. The summed E-state index contributed by atoms with van der Waals surface area (Å²) in [7, 11) is 0. The molecular weight excluding hydrogens is 455 g/mol. The fourth-order valence-corrected chi connectivity index (χ4v) is 7.08. The van der Waals surface area contributed by atoms with E-state index in [0.29, 0.717) is 23.3 Å². The number of unbranched alkanes of at least 4 members (excludes halogenated alkanes) is 7. The lowest BCUT2D eigenvalue weighted by Gasteiger charge is -2.43. The Kier molecular flexibility index (Phi) is 11.3. The Morgan fingerprint density at radius 2 is 1.46 bits per heavy atom. The summed E-state index contributed by atoms with van der Waals surface area (Å²) in [6, 6.07) is 13.6. The second-order valence-corrected chi connectivity index (χ2v) is 11.9. The SMILES string of the molecule is CC(CCCF)CCCCCCCCCCC1c2ccc(O)cc2SC[C@]1(C)c1ccc(O)cc1. The Bertz CT molecular complexity index is 884. The van der Waals surface area contributed by atoms with Crippen molar-refractivity contribution in [1.82, 2.24) is 0 Å². The summed E-state index contributed by atoms with van der Waals surface area (Å²) in [5.41, 5.74) is 2.64. The van der Waals surface area contributed by atoms with Crippen molar-refractivity contribution in [3.05, 3.63) is 53.6 Å². The highest BCUT2D eigenvalue weighted by Crippen LogP contribution is 2.52. The van der Waals surface area contributed by atoms with Crippen molar-refractivity contribution in [2.45, 2.75) is 107 Å². The van der Waals surface area contributed by atoms with Crippen LogP contribution in [0.15, 0.2) is 47.4 Å². The normalized spacial score (nSPS) is 20.5. The second kappa shape index (κ2) is 14.2. The van der Waals surface area contributed by atoms with Gasteiger partial charge >= 0.3 is 0 Å². The van der Waals surface area contributed by atoms with E-state index in [4.69, 9.17) is 0 Å². The molecule has 2 aromatic carbocycles.